The van der Waals surface area contributed by atoms with Crippen LogP contribution in [0.5, 0.6) is 0 Å². The molecule has 0 saturated heterocycles. The highest BCUT2D eigenvalue weighted by molar-refractivity contribution is 9.10. The molecule has 0 aliphatic rings. The zero-order valence-electron chi connectivity index (χ0n) is 7.18. The lowest BCUT2D eigenvalue weighted by molar-refractivity contribution is 0.423. The fourth-order valence-corrected chi connectivity index (χ4v) is 4.25. The molecular formula is C7H5BrN2O3S2. The normalized spacial score (nSPS) is 11.5. The van der Waals surface area contributed by atoms with E-state index in [-0.39, 0.29) is 10.0 Å². The van der Waals surface area contributed by atoms with E-state index in [0.717, 1.165) is 11.3 Å². The molecule has 0 fully saturated rings. The first-order valence-electron chi connectivity index (χ1n) is 3.76. The number of anilines is 1. The van der Waals surface area contributed by atoms with Gasteiger partial charge in [-0.25, -0.2) is 8.42 Å². The number of nitrogens with zero attached hydrogens (tertiary/aromatic N) is 1. The number of hydrogen-bond donors (Lipinski definition) is 1. The maximum Gasteiger partial charge on any atom is 0.273 e. The average molecular weight is 309 g/mol. The molecule has 0 unspecified atom stereocenters. The number of halogens is 1. The Hall–Kier alpha value is -0.860. The number of thiophene rings is 1. The molecule has 1 N–H and O–H groups in total. The minimum atomic E-state index is -3.57. The lowest BCUT2D eigenvalue weighted by Gasteiger charge is -2.02. The maximum absolute atomic E-state index is 11.8. The molecule has 0 aliphatic carbocycles. The van der Waals surface area contributed by atoms with Gasteiger partial charge in [0.1, 0.15) is 6.26 Å². The number of rotatable bonds is 3. The summed E-state index contributed by atoms with van der Waals surface area (Å²) in [6.07, 6.45) is 1.29. The standard InChI is InChI=1S/C7H5BrN2O3S2/c8-5-2-4-14-7(5)15(11,12)10-6-1-3-13-9-6/h1-4H,(H,9,10). The SMILES string of the molecule is O=S(=O)(Nc1ccon1)c1sccc1Br. The molecule has 15 heavy (non-hydrogen) atoms. The predicted molar refractivity (Wildman–Crippen MR) is 59.3 cm³/mol. The van der Waals surface area contributed by atoms with Crippen molar-refractivity contribution >= 4 is 43.1 Å². The van der Waals surface area contributed by atoms with Crippen LogP contribution in [0.25, 0.3) is 0 Å². The summed E-state index contributed by atoms with van der Waals surface area (Å²) in [5, 5.41) is 5.15. The molecule has 80 valence electrons. The molecule has 2 heterocycles. The number of aromatic nitrogens is 1. The Kier molecular flexibility index (Phi) is 2.81. The summed E-state index contributed by atoms with van der Waals surface area (Å²) in [5.41, 5.74) is 0. The van der Waals surface area contributed by atoms with Gasteiger partial charge in [0.2, 0.25) is 0 Å². The second-order valence-corrected chi connectivity index (χ2v) is 6.19. The summed E-state index contributed by atoms with van der Waals surface area (Å²) < 4.78 is 31.1. The Bertz CT molecular complexity index is 547. The summed E-state index contributed by atoms with van der Waals surface area (Å²) in [6.45, 7) is 0. The van der Waals surface area contributed by atoms with E-state index in [9.17, 15) is 8.42 Å². The molecule has 0 radical (unpaired) electrons. The number of sulfonamides is 1. The van der Waals surface area contributed by atoms with Crippen molar-refractivity contribution in [2.45, 2.75) is 4.21 Å². The van der Waals surface area contributed by atoms with Crippen LogP contribution in [-0.4, -0.2) is 13.6 Å². The summed E-state index contributed by atoms with van der Waals surface area (Å²) in [5.74, 6) is 0.162. The van der Waals surface area contributed by atoms with Gasteiger partial charge >= 0.3 is 0 Å². The first-order chi connectivity index (χ1) is 7.09. The number of nitrogens with one attached hydrogen (secondary N) is 1. The molecule has 0 aliphatic heterocycles. The molecule has 0 spiro atoms. The smallest absolute Gasteiger partial charge is 0.273 e. The molecule has 0 aromatic carbocycles. The monoisotopic (exact) mass is 308 g/mol. The fourth-order valence-electron chi connectivity index (χ4n) is 0.921. The molecular weight excluding hydrogens is 304 g/mol. The highest BCUT2D eigenvalue weighted by Gasteiger charge is 2.20. The van der Waals surface area contributed by atoms with Crippen molar-refractivity contribution < 1.29 is 12.9 Å². The Labute approximate surface area is 98.3 Å². The van der Waals surface area contributed by atoms with E-state index in [2.05, 4.69) is 30.3 Å². The molecule has 0 atom stereocenters. The lowest BCUT2D eigenvalue weighted by atomic mass is 10.7. The third-order valence-electron chi connectivity index (χ3n) is 1.51. The van der Waals surface area contributed by atoms with E-state index in [1.165, 1.54) is 12.3 Å². The van der Waals surface area contributed by atoms with Crippen LogP contribution in [0, 0.1) is 0 Å². The topological polar surface area (TPSA) is 72.2 Å². The van der Waals surface area contributed by atoms with Crippen LogP contribution < -0.4 is 4.72 Å². The first-order valence-corrected chi connectivity index (χ1v) is 6.91. The summed E-state index contributed by atoms with van der Waals surface area (Å²) in [4.78, 5) is 0. The predicted octanol–water partition coefficient (Wildman–Crippen LogP) is 2.30. The minimum Gasteiger partial charge on any atom is -0.363 e. The Morgan fingerprint density at radius 2 is 2.27 bits per heavy atom. The third kappa shape index (κ3) is 2.21. The summed E-state index contributed by atoms with van der Waals surface area (Å²) >= 11 is 4.28. The average Bonchev–Trinajstić information content (AvgIpc) is 2.75. The summed E-state index contributed by atoms with van der Waals surface area (Å²) in [7, 11) is -3.57. The van der Waals surface area contributed by atoms with E-state index in [4.69, 9.17) is 0 Å². The molecule has 0 bridgehead atoms. The second kappa shape index (κ2) is 3.95. The van der Waals surface area contributed by atoms with Gasteiger partial charge in [-0.3, -0.25) is 4.72 Å². The highest BCUT2D eigenvalue weighted by Crippen LogP contribution is 2.28. The molecule has 2 aromatic heterocycles. The zero-order chi connectivity index (χ0) is 10.9. The van der Waals surface area contributed by atoms with Gasteiger partial charge < -0.3 is 4.52 Å². The van der Waals surface area contributed by atoms with Gasteiger partial charge in [0.25, 0.3) is 10.0 Å². The van der Waals surface area contributed by atoms with Crippen LogP contribution in [0.4, 0.5) is 5.82 Å². The Morgan fingerprint density at radius 3 is 2.80 bits per heavy atom. The van der Waals surface area contributed by atoms with E-state index in [0.29, 0.717) is 4.47 Å². The lowest BCUT2D eigenvalue weighted by Crippen LogP contribution is -2.12. The van der Waals surface area contributed by atoms with Crippen molar-refractivity contribution in [3.05, 3.63) is 28.2 Å². The van der Waals surface area contributed by atoms with E-state index < -0.39 is 10.0 Å². The highest BCUT2D eigenvalue weighted by atomic mass is 79.9. The van der Waals surface area contributed by atoms with Crippen LogP contribution >= 0.6 is 27.3 Å². The minimum absolute atomic E-state index is 0.162. The second-order valence-electron chi connectivity index (χ2n) is 2.55. The van der Waals surface area contributed by atoms with Crippen molar-refractivity contribution in [3.8, 4) is 0 Å². The number of hydrogen-bond acceptors (Lipinski definition) is 5. The van der Waals surface area contributed by atoms with Gasteiger partial charge in [-0.1, -0.05) is 5.16 Å². The van der Waals surface area contributed by atoms with Crippen molar-refractivity contribution in [1.29, 1.82) is 0 Å². The van der Waals surface area contributed by atoms with E-state index in [1.807, 2.05) is 0 Å². The van der Waals surface area contributed by atoms with Gasteiger partial charge in [-0.2, -0.15) is 0 Å². The zero-order valence-corrected chi connectivity index (χ0v) is 10.4. The molecule has 0 amide bonds. The molecule has 5 nitrogen and oxygen atoms in total. The fraction of sp³-hybridized carbons (Fsp3) is 0. The van der Waals surface area contributed by atoms with Gasteiger partial charge in [-0.15, -0.1) is 11.3 Å². The van der Waals surface area contributed by atoms with Crippen LogP contribution in [0.1, 0.15) is 0 Å². The quantitative estimate of drug-likeness (QED) is 0.944. The van der Waals surface area contributed by atoms with Gasteiger partial charge in [0.05, 0.1) is 0 Å². The molecule has 2 rings (SSSR count). The Balaban J connectivity index is 2.33. The van der Waals surface area contributed by atoms with Crippen LogP contribution in [-0.2, 0) is 10.0 Å². The van der Waals surface area contributed by atoms with Crippen molar-refractivity contribution in [1.82, 2.24) is 5.16 Å². The van der Waals surface area contributed by atoms with Crippen LogP contribution in [0.15, 0.2) is 37.0 Å². The van der Waals surface area contributed by atoms with Crippen molar-refractivity contribution in [2.75, 3.05) is 4.72 Å². The van der Waals surface area contributed by atoms with Crippen molar-refractivity contribution in [3.63, 3.8) is 0 Å². The van der Waals surface area contributed by atoms with Crippen LogP contribution in [0.2, 0.25) is 0 Å². The van der Waals surface area contributed by atoms with E-state index in [1.54, 1.807) is 11.4 Å². The largest absolute Gasteiger partial charge is 0.363 e. The van der Waals surface area contributed by atoms with Gasteiger partial charge in [0.15, 0.2) is 10.0 Å². The molecule has 2 aromatic rings. The molecule has 0 saturated carbocycles. The first kappa shape index (κ1) is 10.7. The molecule has 8 heteroatoms. The van der Waals surface area contributed by atoms with Gasteiger partial charge in [-0.05, 0) is 27.4 Å². The van der Waals surface area contributed by atoms with Crippen molar-refractivity contribution in [2.24, 2.45) is 0 Å². The Morgan fingerprint density at radius 1 is 1.47 bits per heavy atom. The maximum atomic E-state index is 11.8. The van der Waals surface area contributed by atoms with Crippen LogP contribution in [0.3, 0.4) is 0 Å². The van der Waals surface area contributed by atoms with Gasteiger partial charge in [0, 0.05) is 10.5 Å². The third-order valence-corrected chi connectivity index (χ3v) is 5.53. The summed E-state index contributed by atoms with van der Waals surface area (Å²) in [6, 6.07) is 3.10. The van der Waals surface area contributed by atoms with E-state index >= 15 is 0 Å².